The normalized spacial score (nSPS) is 18.0. The Morgan fingerprint density at radius 2 is 2.38 bits per heavy atom. The van der Waals surface area contributed by atoms with E-state index in [1.807, 2.05) is 23.9 Å². The van der Waals surface area contributed by atoms with Gasteiger partial charge in [-0.05, 0) is 24.8 Å². The average Bonchev–Trinajstić information content (AvgIpc) is 3.17. The smallest absolute Gasteiger partial charge is 0.254 e. The van der Waals surface area contributed by atoms with E-state index in [2.05, 4.69) is 20.2 Å². The predicted molar refractivity (Wildman–Crippen MR) is 86.2 cm³/mol. The van der Waals surface area contributed by atoms with Crippen LogP contribution in [0.1, 0.15) is 16.8 Å². The first-order chi connectivity index (χ1) is 10.3. The van der Waals surface area contributed by atoms with Crippen molar-refractivity contribution in [1.29, 1.82) is 0 Å². The first-order valence-corrected chi connectivity index (χ1v) is 8.82. The van der Waals surface area contributed by atoms with Gasteiger partial charge in [-0.25, -0.2) is 9.97 Å². The van der Waals surface area contributed by atoms with Crippen LogP contribution in [-0.2, 0) is 0 Å². The lowest BCUT2D eigenvalue weighted by molar-refractivity contribution is 0.0936. The number of nitrogens with zero attached hydrogens (tertiary/aromatic N) is 3. The molecule has 1 amide bonds. The summed E-state index contributed by atoms with van der Waals surface area (Å²) < 4.78 is 0. The molecule has 21 heavy (non-hydrogen) atoms. The van der Waals surface area contributed by atoms with Gasteiger partial charge in [-0.15, -0.1) is 23.1 Å². The number of thioether (sulfide) groups is 1. The van der Waals surface area contributed by atoms with Crippen molar-refractivity contribution < 1.29 is 4.79 Å². The monoisotopic (exact) mass is 320 g/mol. The summed E-state index contributed by atoms with van der Waals surface area (Å²) in [6, 6.07) is 3.78. The molecule has 5 nitrogen and oxygen atoms in total. The van der Waals surface area contributed by atoms with Crippen molar-refractivity contribution >= 4 is 34.1 Å². The van der Waals surface area contributed by atoms with Crippen LogP contribution in [0.25, 0.3) is 0 Å². The van der Waals surface area contributed by atoms with Gasteiger partial charge in [-0.3, -0.25) is 4.79 Å². The van der Waals surface area contributed by atoms with E-state index in [4.69, 9.17) is 0 Å². The van der Waals surface area contributed by atoms with Crippen molar-refractivity contribution in [3.05, 3.63) is 35.5 Å². The highest BCUT2D eigenvalue weighted by Crippen LogP contribution is 2.23. The van der Waals surface area contributed by atoms with Crippen molar-refractivity contribution in [2.75, 3.05) is 24.2 Å². The molecule has 1 saturated heterocycles. The molecule has 1 fully saturated rings. The number of thiazole rings is 1. The summed E-state index contributed by atoms with van der Waals surface area (Å²) in [6.07, 6.45) is 6.40. The fraction of sp³-hybridized carbons (Fsp3) is 0.357. The molecule has 110 valence electrons. The molecule has 0 radical (unpaired) electrons. The highest BCUT2D eigenvalue weighted by molar-refractivity contribution is 7.98. The SMILES string of the molecule is CSc1ncccc1C(=O)N[C@H]1CCN(c2nccs2)C1. The zero-order chi connectivity index (χ0) is 14.7. The molecule has 7 heteroatoms. The summed E-state index contributed by atoms with van der Waals surface area (Å²) in [7, 11) is 0. The summed E-state index contributed by atoms with van der Waals surface area (Å²) in [6.45, 7) is 1.75. The van der Waals surface area contributed by atoms with E-state index in [9.17, 15) is 4.79 Å². The van der Waals surface area contributed by atoms with Gasteiger partial charge in [0.05, 0.1) is 5.56 Å². The quantitative estimate of drug-likeness (QED) is 0.876. The van der Waals surface area contributed by atoms with E-state index in [0.717, 1.165) is 29.7 Å². The van der Waals surface area contributed by atoms with Crippen LogP contribution in [-0.4, -0.2) is 41.3 Å². The zero-order valence-corrected chi connectivity index (χ0v) is 13.3. The van der Waals surface area contributed by atoms with Gasteiger partial charge >= 0.3 is 0 Å². The average molecular weight is 320 g/mol. The maximum absolute atomic E-state index is 12.4. The number of anilines is 1. The lowest BCUT2D eigenvalue weighted by atomic mass is 10.2. The van der Waals surface area contributed by atoms with Crippen LogP contribution in [0.2, 0.25) is 0 Å². The summed E-state index contributed by atoms with van der Waals surface area (Å²) in [5.74, 6) is -0.0431. The van der Waals surface area contributed by atoms with E-state index in [1.165, 1.54) is 11.8 Å². The van der Waals surface area contributed by atoms with Crippen LogP contribution in [0, 0.1) is 0 Å². The fourth-order valence-corrected chi connectivity index (χ4v) is 3.64. The number of nitrogens with one attached hydrogen (secondary N) is 1. The molecule has 1 atom stereocenters. The Kier molecular flexibility index (Phi) is 4.40. The molecule has 0 saturated carbocycles. The fourth-order valence-electron chi connectivity index (χ4n) is 2.41. The van der Waals surface area contributed by atoms with Gasteiger partial charge in [-0.1, -0.05) is 0 Å². The number of carbonyl (C=O) groups is 1. The lowest BCUT2D eigenvalue weighted by Crippen LogP contribution is -2.37. The van der Waals surface area contributed by atoms with Crippen molar-refractivity contribution in [2.24, 2.45) is 0 Å². The molecule has 0 aliphatic carbocycles. The molecule has 3 heterocycles. The third kappa shape index (κ3) is 3.19. The summed E-state index contributed by atoms with van der Waals surface area (Å²) in [4.78, 5) is 23.1. The Morgan fingerprint density at radius 3 is 3.14 bits per heavy atom. The van der Waals surface area contributed by atoms with Gasteiger partial charge < -0.3 is 10.2 Å². The maximum Gasteiger partial charge on any atom is 0.254 e. The molecule has 1 aliphatic heterocycles. The summed E-state index contributed by atoms with van der Waals surface area (Å²) in [5.41, 5.74) is 0.651. The molecular formula is C14H16N4OS2. The minimum atomic E-state index is -0.0431. The molecule has 1 aliphatic rings. The van der Waals surface area contributed by atoms with E-state index in [1.54, 1.807) is 23.6 Å². The largest absolute Gasteiger partial charge is 0.347 e. The Morgan fingerprint density at radius 1 is 1.48 bits per heavy atom. The maximum atomic E-state index is 12.4. The number of amides is 1. The van der Waals surface area contributed by atoms with Crippen molar-refractivity contribution in [2.45, 2.75) is 17.5 Å². The first kappa shape index (κ1) is 14.3. The van der Waals surface area contributed by atoms with E-state index >= 15 is 0 Å². The third-order valence-corrected chi connectivity index (χ3v) is 4.97. The van der Waals surface area contributed by atoms with Gasteiger partial charge in [-0.2, -0.15) is 0 Å². The van der Waals surface area contributed by atoms with Gasteiger partial charge in [0, 0.05) is 36.9 Å². The molecule has 2 aromatic rings. The molecule has 0 aromatic carbocycles. The van der Waals surface area contributed by atoms with E-state index in [0.29, 0.717) is 5.56 Å². The topological polar surface area (TPSA) is 58.1 Å². The van der Waals surface area contributed by atoms with Crippen LogP contribution in [0.4, 0.5) is 5.13 Å². The summed E-state index contributed by atoms with van der Waals surface area (Å²) >= 11 is 3.12. The highest BCUT2D eigenvalue weighted by Gasteiger charge is 2.26. The second-order valence-corrected chi connectivity index (χ2v) is 6.45. The first-order valence-electron chi connectivity index (χ1n) is 6.72. The lowest BCUT2D eigenvalue weighted by Gasteiger charge is -2.16. The number of rotatable bonds is 4. The van der Waals surface area contributed by atoms with Gasteiger partial charge in [0.25, 0.3) is 5.91 Å². The molecule has 0 spiro atoms. The zero-order valence-electron chi connectivity index (χ0n) is 11.7. The minimum absolute atomic E-state index is 0.0431. The van der Waals surface area contributed by atoms with Crippen LogP contribution in [0.5, 0.6) is 0 Å². The Labute approximate surface area is 131 Å². The van der Waals surface area contributed by atoms with Crippen molar-refractivity contribution in [3.8, 4) is 0 Å². The van der Waals surface area contributed by atoms with Crippen LogP contribution in [0.3, 0.4) is 0 Å². The van der Waals surface area contributed by atoms with Crippen molar-refractivity contribution in [3.63, 3.8) is 0 Å². The molecule has 3 rings (SSSR count). The second-order valence-electron chi connectivity index (χ2n) is 4.78. The molecular weight excluding hydrogens is 304 g/mol. The van der Waals surface area contributed by atoms with Gasteiger partial charge in [0.1, 0.15) is 5.03 Å². The Balaban J connectivity index is 1.64. The highest BCUT2D eigenvalue weighted by atomic mass is 32.2. The van der Waals surface area contributed by atoms with Crippen LogP contribution >= 0.6 is 23.1 Å². The molecule has 0 bridgehead atoms. The van der Waals surface area contributed by atoms with E-state index in [-0.39, 0.29) is 11.9 Å². The Bertz CT molecular complexity index is 617. The summed E-state index contributed by atoms with van der Waals surface area (Å²) in [5, 5.41) is 6.87. The number of carbonyl (C=O) groups excluding carboxylic acids is 1. The second kappa shape index (κ2) is 6.44. The number of hydrogen-bond donors (Lipinski definition) is 1. The number of hydrogen-bond acceptors (Lipinski definition) is 6. The third-order valence-electron chi connectivity index (χ3n) is 3.42. The van der Waals surface area contributed by atoms with Crippen LogP contribution in [0.15, 0.2) is 34.9 Å². The standard InChI is InChI=1S/C14H16N4OS2/c1-20-13-11(3-2-5-15-13)12(19)17-10-4-7-18(9-10)14-16-6-8-21-14/h2-3,5-6,8,10H,4,7,9H2,1H3,(H,17,19)/t10-/m0/s1. The minimum Gasteiger partial charge on any atom is -0.347 e. The van der Waals surface area contributed by atoms with Crippen LogP contribution < -0.4 is 10.2 Å². The number of pyridine rings is 1. The van der Waals surface area contributed by atoms with E-state index < -0.39 is 0 Å². The molecule has 2 aromatic heterocycles. The predicted octanol–water partition coefficient (Wildman–Crippen LogP) is 2.27. The van der Waals surface area contributed by atoms with Gasteiger partial charge in [0.15, 0.2) is 5.13 Å². The number of aromatic nitrogens is 2. The molecule has 1 N–H and O–H groups in total. The van der Waals surface area contributed by atoms with Crippen molar-refractivity contribution in [1.82, 2.24) is 15.3 Å². The Hall–Kier alpha value is -1.60. The molecule has 0 unspecified atom stereocenters. The van der Waals surface area contributed by atoms with Gasteiger partial charge in [0.2, 0.25) is 0 Å².